The minimum atomic E-state index is 0.114. The Morgan fingerprint density at radius 1 is 1.44 bits per heavy atom. The van der Waals surface area contributed by atoms with Crippen molar-refractivity contribution >= 4 is 17.4 Å². The van der Waals surface area contributed by atoms with Crippen LogP contribution in [0.1, 0.15) is 28.9 Å². The number of aromatic nitrogens is 2. The molecule has 0 aromatic carbocycles. The van der Waals surface area contributed by atoms with Crippen LogP contribution in [0.3, 0.4) is 0 Å². The number of carbonyl (C=O) groups is 1. The van der Waals surface area contributed by atoms with Crippen LogP contribution >= 0.6 is 11.3 Å². The average molecular weight is 267 g/mol. The second kappa shape index (κ2) is 4.47. The summed E-state index contributed by atoms with van der Waals surface area (Å²) in [5, 5.41) is 10.3. The van der Waals surface area contributed by atoms with Crippen molar-refractivity contribution in [2.45, 2.75) is 31.3 Å². The van der Waals surface area contributed by atoms with E-state index in [-0.39, 0.29) is 12.1 Å². The molecule has 0 aliphatic carbocycles. The molecular weight excluding hydrogens is 250 g/mol. The highest BCUT2D eigenvalue weighted by Crippen LogP contribution is 2.38. The van der Waals surface area contributed by atoms with Gasteiger partial charge in [0.1, 0.15) is 10.0 Å². The van der Waals surface area contributed by atoms with Gasteiger partial charge in [0.15, 0.2) is 0 Å². The van der Waals surface area contributed by atoms with Crippen molar-refractivity contribution < 1.29 is 4.79 Å². The summed E-state index contributed by atoms with van der Waals surface area (Å²) in [5.74, 6) is 0. The first-order valence-electron chi connectivity index (χ1n) is 6.26. The van der Waals surface area contributed by atoms with Crippen LogP contribution in [0.5, 0.6) is 0 Å². The summed E-state index contributed by atoms with van der Waals surface area (Å²) < 4.78 is 0. The first kappa shape index (κ1) is 11.9. The molecule has 1 aromatic rings. The maximum Gasteiger partial charge on any atom is 0.320 e. The molecule has 3 heterocycles. The molecule has 98 valence electrons. The molecule has 7 heteroatoms. The molecule has 3 rings (SSSR count). The van der Waals surface area contributed by atoms with Crippen LogP contribution in [-0.2, 0) is 6.42 Å². The summed E-state index contributed by atoms with van der Waals surface area (Å²) in [4.78, 5) is 15.9. The lowest BCUT2D eigenvalue weighted by Crippen LogP contribution is -2.33. The van der Waals surface area contributed by atoms with E-state index in [1.807, 2.05) is 16.8 Å². The van der Waals surface area contributed by atoms with Crippen molar-refractivity contribution in [3.05, 3.63) is 10.0 Å². The third-order valence-corrected chi connectivity index (χ3v) is 4.86. The Kier molecular flexibility index (Phi) is 2.95. The maximum absolute atomic E-state index is 12.1. The summed E-state index contributed by atoms with van der Waals surface area (Å²) in [5.41, 5.74) is 5.52. The molecule has 2 unspecified atom stereocenters. The number of fused-ring (bicyclic) bond motifs is 2. The lowest BCUT2D eigenvalue weighted by molar-refractivity contribution is 0.180. The first-order valence-corrected chi connectivity index (χ1v) is 7.08. The number of carbonyl (C=O) groups excluding carboxylic acids is 1. The fourth-order valence-electron chi connectivity index (χ4n) is 2.72. The molecular formula is C11H17N5OS. The number of hydrogen-bond donors (Lipinski definition) is 1. The van der Waals surface area contributed by atoms with Crippen molar-refractivity contribution in [1.29, 1.82) is 0 Å². The maximum atomic E-state index is 12.1. The van der Waals surface area contributed by atoms with Gasteiger partial charge in [0.2, 0.25) is 0 Å². The Bertz CT molecular complexity index is 462. The van der Waals surface area contributed by atoms with E-state index in [2.05, 4.69) is 10.2 Å². The molecule has 1 aromatic heterocycles. The molecule has 2 fully saturated rings. The number of urea groups is 1. The van der Waals surface area contributed by atoms with E-state index in [0.717, 1.165) is 35.8 Å². The normalized spacial score (nSPS) is 27.1. The largest absolute Gasteiger partial charge is 0.330 e. The van der Waals surface area contributed by atoms with Crippen LogP contribution in [0.25, 0.3) is 0 Å². The second-order valence-electron chi connectivity index (χ2n) is 4.87. The van der Waals surface area contributed by atoms with Crippen LogP contribution in [0.4, 0.5) is 4.79 Å². The fraction of sp³-hybridized carbons (Fsp3) is 0.727. The summed E-state index contributed by atoms with van der Waals surface area (Å²) in [6.45, 7) is 1.42. The summed E-state index contributed by atoms with van der Waals surface area (Å²) in [6.07, 6.45) is 2.80. The molecule has 2 aliphatic heterocycles. The van der Waals surface area contributed by atoms with Crippen LogP contribution in [0.2, 0.25) is 0 Å². The van der Waals surface area contributed by atoms with Gasteiger partial charge in [0.25, 0.3) is 0 Å². The fourth-order valence-corrected chi connectivity index (χ4v) is 3.73. The zero-order chi connectivity index (χ0) is 12.7. The van der Waals surface area contributed by atoms with E-state index in [1.165, 1.54) is 0 Å². The molecule has 2 bridgehead atoms. The van der Waals surface area contributed by atoms with E-state index in [9.17, 15) is 4.79 Å². The van der Waals surface area contributed by atoms with E-state index >= 15 is 0 Å². The predicted octanol–water partition coefficient (Wildman–Crippen LogP) is 0.610. The summed E-state index contributed by atoms with van der Waals surface area (Å²) in [6, 6.07) is 0.617. The first-order chi connectivity index (χ1) is 8.70. The molecule has 2 saturated heterocycles. The Morgan fingerprint density at radius 3 is 3.06 bits per heavy atom. The van der Waals surface area contributed by atoms with Crippen LogP contribution < -0.4 is 5.73 Å². The lowest BCUT2D eigenvalue weighted by atomic mass is 10.0. The predicted molar refractivity (Wildman–Crippen MR) is 68.3 cm³/mol. The van der Waals surface area contributed by atoms with E-state index in [1.54, 1.807) is 11.3 Å². The van der Waals surface area contributed by atoms with Crippen molar-refractivity contribution in [2.24, 2.45) is 5.73 Å². The number of hydrogen-bond acceptors (Lipinski definition) is 5. The molecule has 6 nitrogen and oxygen atoms in total. The van der Waals surface area contributed by atoms with Crippen molar-refractivity contribution in [2.75, 3.05) is 20.1 Å². The van der Waals surface area contributed by atoms with Gasteiger partial charge in [-0.05, 0) is 19.4 Å². The van der Waals surface area contributed by atoms with Gasteiger partial charge in [-0.1, -0.05) is 11.3 Å². The number of nitrogens with two attached hydrogens (primary N) is 1. The van der Waals surface area contributed by atoms with Crippen molar-refractivity contribution in [3.63, 3.8) is 0 Å². The van der Waals surface area contributed by atoms with E-state index < -0.39 is 0 Å². The number of nitrogens with zero attached hydrogens (tertiary/aromatic N) is 4. The minimum absolute atomic E-state index is 0.114. The molecule has 2 aliphatic rings. The standard InChI is InChI=1S/C11H17N5OS/c1-15-7-2-3-8(16(6-7)11(15)17)10-14-13-9(18-10)4-5-12/h7-8H,2-6,12H2,1H3. The third-order valence-electron chi connectivity index (χ3n) is 3.78. The summed E-state index contributed by atoms with van der Waals surface area (Å²) in [7, 11) is 1.88. The van der Waals surface area contributed by atoms with Gasteiger partial charge in [-0.2, -0.15) is 0 Å². The smallest absolute Gasteiger partial charge is 0.320 e. The van der Waals surface area contributed by atoms with Gasteiger partial charge >= 0.3 is 6.03 Å². The molecule has 0 saturated carbocycles. The summed E-state index contributed by atoms with van der Waals surface area (Å²) >= 11 is 1.59. The lowest BCUT2D eigenvalue weighted by Gasteiger charge is -2.28. The minimum Gasteiger partial charge on any atom is -0.330 e. The number of likely N-dealkylation sites (N-methyl/N-ethyl adjacent to an activating group) is 1. The van der Waals surface area contributed by atoms with Crippen molar-refractivity contribution in [1.82, 2.24) is 20.0 Å². The molecule has 0 spiro atoms. The van der Waals surface area contributed by atoms with Crippen molar-refractivity contribution in [3.8, 4) is 0 Å². The molecule has 2 N–H and O–H groups in total. The van der Waals surface area contributed by atoms with Crippen LogP contribution in [-0.4, -0.2) is 52.2 Å². The molecule has 2 amide bonds. The highest BCUT2D eigenvalue weighted by molar-refractivity contribution is 7.11. The van der Waals surface area contributed by atoms with Crippen LogP contribution in [0.15, 0.2) is 0 Å². The topological polar surface area (TPSA) is 75.4 Å². The van der Waals surface area contributed by atoms with Gasteiger partial charge in [-0.15, -0.1) is 10.2 Å². The second-order valence-corrected chi connectivity index (χ2v) is 5.96. The highest BCUT2D eigenvalue weighted by atomic mass is 32.1. The van der Waals surface area contributed by atoms with Gasteiger partial charge in [-0.3, -0.25) is 0 Å². The average Bonchev–Trinajstić information content (AvgIpc) is 2.92. The van der Waals surface area contributed by atoms with Gasteiger partial charge in [-0.25, -0.2) is 4.79 Å². The molecule has 2 atom stereocenters. The Balaban J connectivity index is 1.81. The van der Waals surface area contributed by atoms with Crippen LogP contribution in [0, 0.1) is 0 Å². The zero-order valence-electron chi connectivity index (χ0n) is 10.4. The Morgan fingerprint density at radius 2 is 2.28 bits per heavy atom. The molecule has 0 radical (unpaired) electrons. The monoisotopic (exact) mass is 267 g/mol. The van der Waals surface area contributed by atoms with E-state index in [0.29, 0.717) is 12.6 Å². The Hall–Kier alpha value is -1.21. The number of piperidine rings is 1. The number of amides is 2. The molecule has 18 heavy (non-hydrogen) atoms. The van der Waals surface area contributed by atoms with Gasteiger partial charge in [0.05, 0.1) is 12.1 Å². The SMILES string of the molecule is CN1C(=O)N2CC1CCC2c1nnc(CCN)s1. The Labute approximate surface area is 110 Å². The van der Waals surface area contributed by atoms with Gasteiger partial charge in [0, 0.05) is 20.0 Å². The third kappa shape index (κ3) is 1.78. The quantitative estimate of drug-likeness (QED) is 0.870. The zero-order valence-corrected chi connectivity index (χ0v) is 11.2. The van der Waals surface area contributed by atoms with E-state index in [4.69, 9.17) is 5.73 Å². The van der Waals surface area contributed by atoms with Gasteiger partial charge < -0.3 is 15.5 Å². The number of rotatable bonds is 3. The highest BCUT2D eigenvalue weighted by Gasteiger charge is 2.44.